The summed E-state index contributed by atoms with van der Waals surface area (Å²) in [4.78, 5) is 4.22. The molecule has 0 saturated carbocycles. The SMILES string of the molecule is CCCOc1ccc(Oc2cc(C)ncc2CCl)cc1. The third kappa shape index (κ3) is 3.87. The van der Waals surface area contributed by atoms with Crippen molar-refractivity contribution in [1.29, 1.82) is 0 Å². The largest absolute Gasteiger partial charge is 0.494 e. The molecule has 0 N–H and O–H groups in total. The van der Waals surface area contributed by atoms with E-state index < -0.39 is 0 Å². The molecular weight excluding hydrogens is 274 g/mol. The summed E-state index contributed by atoms with van der Waals surface area (Å²) in [6.45, 7) is 4.73. The Bertz CT molecular complexity index is 555. The highest BCUT2D eigenvalue weighted by atomic mass is 35.5. The lowest BCUT2D eigenvalue weighted by atomic mass is 10.2. The number of aromatic nitrogens is 1. The first-order chi connectivity index (χ1) is 9.72. The summed E-state index contributed by atoms with van der Waals surface area (Å²) >= 11 is 5.89. The lowest BCUT2D eigenvalue weighted by molar-refractivity contribution is 0.317. The summed E-state index contributed by atoms with van der Waals surface area (Å²) in [7, 11) is 0. The number of ether oxygens (including phenoxy) is 2. The topological polar surface area (TPSA) is 31.4 Å². The number of hydrogen-bond acceptors (Lipinski definition) is 3. The maximum Gasteiger partial charge on any atom is 0.135 e. The molecule has 4 heteroatoms. The highest BCUT2D eigenvalue weighted by Crippen LogP contribution is 2.28. The van der Waals surface area contributed by atoms with E-state index in [1.807, 2.05) is 37.3 Å². The van der Waals surface area contributed by atoms with Crippen LogP contribution in [0.15, 0.2) is 36.5 Å². The summed E-state index contributed by atoms with van der Waals surface area (Å²) in [5.74, 6) is 2.73. The molecular formula is C16H18ClNO2. The molecule has 3 nitrogen and oxygen atoms in total. The van der Waals surface area contributed by atoms with Gasteiger partial charge in [0, 0.05) is 23.5 Å². The van der Waals surface area contributed by atoms with Crippen LogP contribution in [0.1, 0.15) is 24.6 Å². The van der Waals surface area contributed by atoms with Gasteiger partial charge in [0.2, 0.25) is 0 Å². The van der Waals surface area contributed by atoms with Crippen LogP contribution in [0.25, 0.3) is 0 Å². The molecule has 0 aliphatic rings. The van der Waals surface area contributed by atoms with Gasteiger partial charge in [-0.25, -0.2) is 0 Å². The second-order valence-electron chi connectivity index (χ2n) is 4.49. The highest BCUT2D eigenvalue weighted by Gasteiger charge is 2.06. The van der Waals surface area contributed by atoms with Gasteiger partial charge >= 0.3 is 0 Å². The summed E-state index contributed by atoms with van der Waals surface area (Å²) in [5, 5.41) is 0. The zero-order valence-corrected chi connectivity index (χ0v) is 12.5. The average molecular weight is 292 g/mol. The van der Waals surface area contributed by atoms with Crippen LogP contribution in [-0.4, -0.2) is 11.6 Å². The van der Waals surface area contributed by atoms with Gasteiger partial charge in [0.05, 0.1) is 12.5 Å². The van der Waals surface area contributed by atoms with Crippen molar-refractivity contribution in [2.24, 2.45) is 0 Å². The second-order valence-corrected chi connectivity index (χ2v) is 4.76. The first-order valence-corrected chi connectivity index (χ1v) is 7.18. The van der Waals surface area contributed by atoms with Crippen molar-refractivity contribution in [3.05, 3.63) is 47.8 Å². The van der Waals surface area contributed by atoms with Crippen molar-refractivity contribution in [2.75, 3.05) is 6.61 Å². The quantitative estimate of drug-likeness (QED) is 0.722. The fraction of sp³-hybridized carbons (Fsp3) is 0.312. The molecule has 2 rings (SSSR count). The van der Waals surface area contributed by atoms with Crippen LogP contribution in [0.2, 0.25) is 0 Å². The van der Waals surface area contributed by atoms with Crippen LogP contribution in [-0.2, 0) is 5.88 Å². The Morgan fingerprint density at radius 1 is 1.15 bits per heavy atom. The maximum absolute atomic E-state index is 5.89. The number of pyridine rings is 1. The van der Waals surface area contributed by atoms with Crippen LogP contribution in [0, 0.1) is 6.92 Å². The van der Waals surface area contributed by atoms with Gasteiger partial charge in [-0.2, -0.15) is 0 Å². The summed E-state index contributed by atoms with van der Waals surface area (Å²) in [6.07, 6.45) is 2.74. The molecule has 20 heavy (non-hydrogen) atoms. The highest BCUT2D eigenvalue weighted by molar-refractivity contribution is 6.17. The van der Waals surface area contributed by atoms with E-state index in [2.05, 4.69) is 11.9 Å². The minimum atomic E-state index is 0.375. The molecule has 0 aliphatic heterocycles. The van der Waals surface area contributed by atoms with Gasteiger partial charge in [-0.3, -0.25) is 4.98 Å². The van der Waals surface area contributed by atoms with Crippen LogP contribution >= 0.6 is 11.6 Å². The Morgan fingerprint density at radius 3 is 2.50 bits per heavy atom. The number of hydrogen-bond donors (Lipinski definition) is 0. The van der Waals surface area contributed by atoms with Gasteiger partial charge in [-0.15, -0.1) is 11.6 Å². The predicted octanol–water partition coefficient (Wildman–Crippen LogP) is 4.71. The molecule has 0 fully saturated rings. The van der Waals surface area contributed by atoms with Crippen molar-refractivity contribution in [1.82, 2.24) is 4.98 Å². The van der Waals surface area contributed by atoms with E-state index in [1.54, 1.807) is 6.20 Å². The molecule has 0 unspecified atom stereocenters. The minimum absolute atomic E-state index is 0.375. The molecule has 0 radical (unpaired) electrons. The number of alkyl halides is 1. The van der Waals surface area contributed by atoms with Crippen molar-refractivity contribution in [3.63, 3.8) is 0 Å². The zero-order valence-electron chi connectivity index (χ0n) is 11.7. The lowest BCUT2D eigenvalue weighted by Gasteiger charge is -2.11. The van der Waals surface area contributed by atoms with E-state index >= 15 is 0 Å². The van der Waals surface area contributed by atoms with Crippen molar-refractivity contribution < 1.29 is 9.47 Å². The minimum Gasteiger partial charge on any atom is -0.494 e. The maximum atomic E-state index is 5.89. The fourth-order valence-corrected chi connectivity index (χ4v) is 1.91. The molecule has 0 saturated heterocycles. The Morgan fingerprint density at radius 2 is 1.85 bits per heavy atom. The van der Waals surface area contributed by atoms with Crippen LogP contribution in [0.5, 0.6) is 17.2 Å². The van der Waals surface area contributed by atoms with E-state index in [1.165, 1.54) is 0 Å². The molecule has 1 aromatic carbocycles. The summed E-state index contributed by atoms with van der Waals surface area (Å²) in [6, 6.07) is 9.47. The fourth-order valence-electron chi connectivity index (χ4n) is 1.71. The Labute approximate surface area is 124 Å². The number of aryl methyl sites for hydroxylation is 1. The molecule has 1 heterocycles. The van der Waals surface area contributed by atoms with E-state index in [0.29, 0.717) is 5.88 Å². The van der Waals surface area contributed by atoms with Gasteiger partial charge in [-0.05, 0) is 37.6 Å². The number of rotatable bonds is 6. The van der Waals surface area contributed by atoms with Gasteiger partial charge < -0.3 is 9.47 Å². The zero-order chi connectivity index (χ0) is 14.4. The monoisotopic (exact) mass is 291 g/mol. The molecule has 0 bridgehead atoms. The van der Waals surface area contributed by atoms with Crippen molar-refractivity contribution in [2.45, 2.75) is 26.1 Å². The van der Waals surface area contributed by atoms with Crippen molar-refractivity contribution in [3.8, 4) is 17.2 Å². The van der Waals surface area contributed by atoms with Gasteiger partial charge in [0.25, 0.3) is 0 Å². The van der Waals surface area contributed by atoms with Gasteiger partial charge in [0.15, 0.2) is 0 Å². The molecule has 0 amide bonds. The number of benzene rings is 1. The molecule has 0 aliphatic carbocycles. The smallest absolute Gasteiger partial charge is 0.135 e. The van der Waals surface area contributed by atoms with Gasteiger partial charge in [0.1, 0.15) is 17.2 Å². The summed E-state index contributed by atoms with van der Waals surface area (Å²) < 4.78 is 11.4. The average Bonchev–Trinajstić information content (AvgIpc) is 2.47. The molecule has 106 valence electrons. The van der Waals surface area contributed by atoms with Crippen molar-refractivity contribution >= 4 is 11.6 Å². The predicted molar refractivity (Wildman–Crippen MR) is 80.8 cm³/mol. The second kappa shape index (κ2) is 7.15. The molecule has 2 aromatic rings. The third-order valence-electron chi connectivity index (χ3n) is 2.75. The Balaban J connectivity index is 2.11. The Kier molecular flexibility index (Phi) is 5.24. The number of halogens is 1. The molecule has 0 atom stereocenters. The van der Waals surface area contributed by atoms with E-state index in [-0.39, 0.29) is 0 Å². The number of nitrogens with zero attached hydrogens (tertiary/aromatic N) is 1. The first kappa shape index (κ1) is 14.7. The van der Waals surface area contributed by atoms with E-state index in [9.17, 15) is 0 Å². The normalized spacial score (nSPS) is 10.3. The third-order valence-corrected chi connectivity index (χ3v) is 3.04. The standard InChI is InChI=1S/C16H18ClNO2/c1-3-8-19-14-4-6-15(7-5-14)20-16-9-12(2)18-11-13(16)10-17/h4-7,9,11H,3,8,10H2,1-2H3. The molecule has 0 spiro atoms. The van der Waals surface area contributed by atoms with Crippen LogP contribution < -0.4 is 9.47 Å². The van der Waals surface area contributed by atoms with Gasteiger partial charge in [-0.1, -0.05) is 6.92 Å². The lowest BCUT2D eigenvalue weighted by Crippen LogP contribution is -1.95. The van der Waals surface area contributed by atoms with E-state index in [4.69, 9.17) is 21.1 Å². The molecule has 1 aromatic heterocycles. The first-order valence-electron chi connectivity index (χ1n) is 6.65. The van der Waals surface area contributed by atoms with Crippen LogP contribution in [0.4, 0.5) is 0 Å². The summed E-state index contributed by atoms with van der Waals surface area (Å²) in [5.41, 5.74) is 1.78. The van der Waals surface area contributed by atoms with E-state index in [0.717, 1.165) is 41.5 Å². The Hall–Kier alpha value is -1.74. The van der Waals surface area contributed by atoms with Crippen LogP contribution in [0.3, 0.4) is 0 Å².